The van der Waals surface area contributed by atoms with Gasteiger partial charge in [0, 0.05) is 31.4 Å². The van der Waals surface area contributed by atoms with E-state index in [0.717, 1.165) is 67.0 Å². The summed E-state index contributed by atoms with van der Waals surface area (Å²) in [4.78, 5) is 11.7. The zero-order valence-corrected chi connectivity index (χ0v) is 17.3. The van der Waals surface area contributed by atoms with Gasteiger partial charge in [0.05, 0.1) is 24.2 Å². The Morgan fingerprint density at radius 2 is 1.84 bits per heavy atom. The van der Waals surface area contributed by atoms with Crippen LogP contribution >= 0.6 is 0 Å². The first-order chi connectivity index (χ1) is 15.3. The molecule has 0 aliphatic carbocycles. The Morgan fingerprint density at radius 3 is 2.71 bits per heavy atom. The maximum absolute atomic E-state index is 5.96. The van der Waals surface area contributed by atoms with Crippen molar-refractivity contribution in [3.8, 4) is 11.6 Å². The van der Waals surface area contributed by atoms with Gasteiger partial charge in [-0.2, -0.15) is 0 Å². The number of benzene rings is 2. The van der Waals surface area contributed by atoms with Crippen molar-refractivity contribution in [2.45, 2.75) is 0 Å². The Balaban J connectivity index is 1.29. The summed E-state index contributed by atoms with van der Waals surface area (Å²) in [6.45, 7) is 5.11. The lowest BCUT2D eigenvalue weighted by atomic mass is 10.3. The third-order valence-electron chi connectivity index (χ3n) is 5.33. The minimum atomic E-state index is 0.654. The minimum absolute atomic E-state index is 0.654. The van der Waals surface area contributed by atoms with E-state index in [1.54, 1.807) is 6.33 Å². The molecule has 0 saturated carbocycles. The van der Waals surface area contributed by atoms with E-state index in [2.05, 4.69) is 15.2 Å². The molecule has 0 bridgehead atoms. The number of nitrogens with zero attached hydrogens (tertiary/aromatic N) is 4. The van der Waals surface area contributed by atoms with E-state index in [-0.39, 0.29) is 0 Å². The van der Waals surface area contributed by atoms with E-state index in [9.17, 15) is 0 Å². The smallest absolute Gasteiger partial charge is 0.140 e. The number of imidazole rings is 1. The average molecular weight is 415 g/mol. The van der Waals surface area contributed by atoms with Gasteiger partial charge < -0.3 is 14.8 Å². The number of ether oxygens (including phenoxy) is 2. The molecule has 2 aromatic carbocycles. The van der Waals surface area contributed by atoms with Crippen LogP contribution in [0, 0.1) is 0 Å². The molecule has 4 aromatic rings. The van der Waals surface area contributed by atoms with Crippen molar-refractivity contribution in [3.63, 3.8) is 0 Å². The molecule has 1 aliphatic rings. The first kappa shape index (κ1) is 19.5. The lowest BCUT2D eigenvalue weighted by Gasteiger charge is -2.26. The van der Waals surface area contributed by atoms with Crippen LogP contribution in [-0.4, -0.2) is 58.9 Å². The monoisotopic (exact) mass is 415 g/mol. The number of fused-ring (bicyclic) bond motifs is 1. The number of aromatic nitrogens is 3. The summed E-state index contributed by atoms with van der Waals surface area (Å²) in [5, 5.41) is 3.34. The van der Waals surface area contributed by atoms with Crippen molar-refractivity contribution >= 4 is 22.5 Å². The summed E-state index contributed by atoms with van der Waals surface area (Å²) in [5.41, 5.74) is 2.87. The number of para-hydroxylation sites is 1. The lowest BCUT2D eigenvalue weighted by molar-refractivity contribution is 0.0322. The van der Waals surface area contributed by atoms with Gasteiger partial charge in [-0.05, 0) is 36.4 Å². The predicted molar refractivity (Wildman–Crippen MR) is 121 cm³/mol. The second-order valence-corrected chi connectivity index (χ2v) is 7.44. The van der Waals surface area contributed by atoms with Gasteiger partial charge in [-0.25, -0.2) is 9.97 Å². The summed E-state index contributed by atoms with van der Waals surface area (Å²) in [5.74, 6) is 2.43. The quantitative estimate of drug-likeness (QED) is 0.494. The van der Waals surface area contributed by atoms with E-state index < -0.39 is 0 Å². The standard InChI is InChI=1S/C24H25N5O2/c1-2-5-19(6-3-1)26-23-7-4-8-24(27-23)29-18-25-21-17-20(9-10-22(21)29)31-16-13-28-11-14-30-15-12-28/h1-10,17-18H,11-16H2,(H,26,27). The van der Waals surface area contributed by atoms with Gasteiger partial charge in [-0.15, -0.1) is 0 Å². The highest BCUT2D eigenvalue weighted by atomic mass is 16.5. The highest BCUT2D eigenvalue weighted by Gasteiger charge is 2.11. The topological polar surface area (TPSA) is 64.4 Å². The van der Waals surface area contributed by atoms with E-state index in [4.69, 9.17) is 14.5 Å². The van der Waals surface area contributed by atoms with E-state index >= 15 is 0 Å². The number of rotatable bonds is 7. The van der Waals surface area contributed by atoms with E-state index in [0.29, 0.717) is 6.61 Å². The number of hydrogen-bond donors (Lipinski definition) is 1. The number of morpholine rings is 1. The summed E-state index contributed by atoms with van der Waals surface area (Å²) in [6.07, 6.45) is 1.80. The van der Waals surface area contributed by atoms with Crippen molar-refractivity contribution in [1.82, 2.24) is 19.4 Å². The number of pyridine rings is 1. The molecular weight excluding hydrogens is 390 g/mol. The molecule has 0 atom stereocenters. The zero-order chi connectivity index (χ0) is 20.9. The van der Waals surface area contributed by atoms with E-state index in [1.165, 1.54) is 0 Å². The van der Waals surface area contributed by atoms with Crippen LogP contribution in [0.15, 0.2) is 73.1 Å². The molecule has 0 amide bonds. The summed E-state index contributed by atoms with van der Waals surface area (Å²) >= 11 is 0. The van der Waals surface area contributed by atoms with Crippen LogP contribution in [-0.2, 0) is 4.74 Å². The molecule has 158 valence electrons. The van der Waals surface area contributed by atoms with Crippen LogP contribution in [0.25, 0.3) is 16.9 Å². The highest BCUT2D eigenvalue weighted by molar-refractivity contribution is 5.78. The van der Waals surface area contributed by atoms with Gasteiger partial charge in [-0.3, -0.25) is 9.47 Å². The van der Waals surface area contributed by atoms with Crippen molar-refractivity contribution < 1.29 is 9.47 Å². The Kier molecular flexibility index (Phi) is 5.77. The summed E-state index contributed by atoms with van der Waals surface area (Å²) < 4.78 is 13.3. The van der Waals surface area contributed by atoms with Crippen molar-refractivity contribution in [3.05, 3.63) is 73.1 Å². The molecule has 5 rings (SSSR count). The normalized spacial score (nSPS) is 14.6. The van der Waals surface area contributed by atoms with Crippen LogP contribution in [0.5, 0.6) is 5.75 Å². The molecule has 1 fully saturated rings. The van der Waals surface area contributed by atoms with Crippen molar-refractivity contribution in [2.75, 3.05) is 44.8 Å². The molecular formula is C24H25N5O2. The molecule has 0 spiro atoms. The van der Waals surface area contributed by atoms with Crippen LogP contribution in [0.1, 0.15) is 0 Å². The zero-order valence-electron chi connectivity index (χ0n) is 17.3. The largest absolute Gasteiger partial charge is 0.492 e. The SMILES string of the molecule is c1ccc(Nc2cccc(-n3cnc4cc(OCCN5CCOCC5)ccc43)n2)cc1. The van der Waals surface area contributed by atoms with Crippen LogP contribution in [0.4, 0.5) is 11.5 Å². The van der Waals surface area contributed by atoms with Crippen molar-refractivity contribution in [2.24, 2.45) is 0 Å². The van der Waals surface area contributed by atoms with Crippen molar-refractivity contribution in [1.29, 1.82) is 0 Å². The molecule has 7 nitrogen and oxygen atoms in total. The molecule has 1 aliphatic heterocycles. The molecule has 3 heterocycles. The molecule has 2 aromatic heterocycles. The van der Waals surface area contributed by atoms with Gasteiger partial charge in [0.15, 0.2) is 0 Å². The number of hydrogen-bond acceptors (Lipinski definition) is 6. The maximum atomic E-state index is 5.96. The first-order valence-electron chi connectivity index (χ1n) is 10.5. The Hall–Kier alpha value is -3.42. The molecule has 31 heavy (non-hydrogen) atoms. The molecule has 1 N–H and O–H groups in total. The molecule has 1 saturated heterocycles. The minimum Gasteiger partial charge on any atom is -0.492 e. The lowest BCUT2D eigenvalue weighted by Crippen LogP contribution is -2.38. The predicted octanol–water partition coefficient (Wildman–Crippen LogP) is 3.88. The Morgan fingerprint density at radius 1 is 0.968 bits per heavy atom. The van der Waals surface area contributed by atoms with Gasteiger partial charge in [0.2, 0.25) is 0 Å². The maximum Gasteiger partial charge on any atom is 0.140 e. The highest BCUT2D eigenvalue weighted by Crippen LogP contribution is 2.23. The van der Waals surface area contributed by atoms with Gasteiger partial charge in [0.25, 0.3) is 0 Å². The van der Waals surface area contributed by atoms with Crippen LogP contribution < -0.4 is 10.1 Å². The first-order valence-corrected chi connectivity index (χ1v) is 10.5. The van der Waals surface area contributed by atoms with Gasteiger partial charge >= 0.3 is 0 Å². The van der Waals surface area contributed by atoms with E-state index in [1.807, 2.05) is 71.3 Å². The number of nitrogens with one attached hydrogen (secondary N) is 1. The molecule has 0 radical (unpaired) electrons. The van der Waals surface area contributed by atoms with Gasteiger partial charge in [0.1, 0.15) is 30.3 Å². The molecule has 0 unspecified atom stereocenters. The fourth-order valence-corrected chi connectivity index (χ4v) is 3.68. The second-order valence-electron chi connectivity index (χ2n) is 7.44. The second kappa shape index (κ2) is 9.16. The third-order valence-corrected chi connectivity index (χ3v) is 5.33. The van der Waals surface area contributed by atoms with Gasteiger partial charge in [-0.1, -0.05) is 24.3 Å². The number of anilines is 2. The Bertz CT molecular complexity index is 1140. The fourth-order valence-electron chi connectivity index (χ4n) is 3.68. The van der Waals surface area contributed by atoms with Crippen LogP contribution in [0.2, 0.25) is 0 Å². The molecule has 7 heteroatoms. The summed E-state index contributed by atoms with van der Waals surface area (Å²) in [7, 11) is 0. The fraction of sp³-hybridized carbons (Fsp3) is 0.250. The summed E-state index contributed by atoms with van der Waals surface area (Å²) in [6, 6.07) is 21.9. The Labute approximate surface area is 181 Å². The average Bonchev–Trinajstić information content (AvgIpc) is 3.24. The van der Waals surface area contributed by atoms with Crippen LogP contribution in [0.3, 0.4) is 0 Å². The third kappa shape index (κ3) is 4.68.